The lowest BCUT2D eigenvalue weighted by molar-refractivity contribution is -0.702. The van der Waals surface area contributed by atoms with Gasteiger partial charge in [-0.05, 0) is 19.3 Å². The first-order chi connectivity index (χ1) is 16.3. The molecule has 3 aromatic rings. The highest BCUT2D eigenvalue weighted by atomic mass is 16.5. The summed E-state index contributed by atoms with van der Waals surface area (Å²) in [5.74, 6) is 3.73. The monoisotopic (exact) mass is 476 g/mol. The number of aromatic amines is 3. The van der Waals surface area contributed by atoms with Crippen LogP contribution in [0.3, 0.4) is 0 Å². The van der Waals surface area contributed by atoms with Crippen molar-refractivity contribution in [2.75, 3.05) is 0 Å². The van der Waals surface area contributed by atoms with Crippen LogP contribution in [-0.2, 0) is 19.6 Å². The first-order valence-electron chi connectivity index (χ1n) is 12.3. The van der Waals surface area contributed by atoms with Crippen molar-refractivity contribution in [2.45, 2.75) is 99.7 Å². The quantitative estimate of drug-likeness (QED) is 0.303. The van der Waals surface area contributed by atoms with Crippen LogP contribution in [-0.4, -0.2) is 22.3 Å². The number of imidazole rings is 3. The van der Waals surface area contributed by atoms with Gasteiger partial charge in [0.25, 0.3) is 17.5 Å². The Kier molecular flexibility index (Phi) is 18.6. The average Bonchev–Trinajstić information content (AvgIpc) is 3.51. The van der Waals surface area contributed by atoms with E-state index in [1.54, 1.807) is 0 Å². The third-order valence-electron chi connectivity index (χ3n) is 5.19. The van der Waals surface area contributed by atoms with E-state index in [1.165, 1.54) is 56.0 Å². The Morgan fingerprint density at radius 3 is 0.971 bits per heavy atom. The number of nitrogens with one attached hydrogen (secondary N) is 3. The lowest BCUT2D eigenvalue weighted by Gasteiger charge is -2.35. The molecule has 0 bridgehead atoms. The van der Waals surface area contributed by atoms with Crippen LogP contribution >= 0.6 is 0 Å². The summed E-state index contributed by atoms with van der Waals surface area (Å²) in [4.78, 5) is 9.42. The van der Waals surface area contributed by atoms with Crippen molar-refractivity contribution in [1.29, 1.82) is 0 Å². The third-order valence-corrected chi connectivity index (χ3v) is 5.19. The molecule has 0 aliphatic carbocycles. The van der Waals surface area contributed by atoms with Gasteiger partial charge in [-0.15, -0.1) is 0 Å². The fraction of sp³-hybridized carbons (Fsp3) is 0.625. The molecule has 0 aliphatic rings. The molecule has 0 saturated heterocycles. The number of H-pyrrole nitrogens is 3. The highest BCUT2D eigenvalue weighted by Gasteiger charge is 2.02. The Morgan fingerprint density at radius 1 is 0.588 bits per heavy atom. The summed E-state index contributed by atoms with van der Waals surface area (Å²) in [6.45, 7) is 16.3. The standard InChI is InChI=1S/3C8H14N2.BO3/c3*1-3-4-6-10-7-5-9-8(10)2;2-1(3)4/h3*5,7H,3-4,6H2,1-2H3;/q;;;-3/p+3. The molecule has 3 N–H and O–H groups in total. The maximum atomic E-state index is 8.42. The fourth-order valence-corrected chi connectivity index (χ4v) is 3.04. The third kappa shape index (κ3) is 15.4. The van der Waals surface area contributed by atoms with Gasteiger partial charge in [0.2, 0.25) is 0 Å². The van der Waals surface area contributed by atoms with E-state index >= 15 is 0 Å². The first-order valence-corrected chi connectivity index (χ1v) is 12.3. The zero-order chi connectivity index (χ0) is 25.8. The minimum absolute atomic E-state index is 1.14. The maximum Gasteiger partial charge on any atom is 0.251 e. The molecule has 3 aromatic heterocycles. The van der Waals surface area contributed by atoms with Gasteiger partial charge in [-0.25, -0.2) is 28.7 Å². The highest BCUT2D eigenvalue weighted by Crippen LogP contribution is 1.89. The normalized spacial score (nSPS) is 9.79. The van der Waals surface area contributed by atoms with Gasteiger partial charge in [0.1, 0.15) is 37.2 Å². The van der Waals surface area contributed by atoms with Gasteiger partial charge in [-0.2, -0.15) is 0 Å². The molecule has 0 aliphatic heterocycles. The SMILES string of the molecule is CCCC[n+]1cc[nH]c1C.CCCC[n+]1cc[nH]c1C.CCCC[n+]1cc[nH]c1C.[O-]B([O-])[O-]. The molecule has 9 nitrogen and oxygen atoms in total. The second-order valence-corrected chi connectivity index (χ2v) is 8.07. The number of hydrogen-bond acceptors (Lipinski definition) is 3. The van der Waals surface area contributed by atoms with E-state index in [2.05, 4.69) is 88.8 Å². The molecule has 0 fully saturated rings. The zero-order valence-electron chi connectivity index (χ0n) is 22.0. The van der Waals surface area contributed by atoms with E-state index in [9.17, 15) is 0 Å². The van der Waals surface area contributed by atoms with Crippen LogP contribution in [0.15, 0.2) is 37.2 Å². The van der Waals surface area contributed by atoms with Gasteiger partial charge in [0.15, 0.2) is 0 Å². The van der Waals surface area contributed by atoms with E-state index < -0.39 is 7.32 Å². The Bertz CT molecular complexity index is 739. The summed E-state index contributed by atoms with van der Waals surface area (Å²) in [6.07, 6.45) is 19.8. The molecule has 0 unspecified atom stereocenters. The van der Waals surface area contributed by atoms with Crippen LogP contribution in [0.25, 0.3) is 0 Å². The predicted molar refractivity (Wildman–Crippen MR) is 128 cm³/mol. The van der Waals surface area contributed by atoms with Gasteiger partial charge in [0, 0.05) is 20.8 Å². The Morgan fingerprint density at radius 2 is 0.824 bits per heavy atom. The molecular weight excluding hydrogens is 431 g/mol. The second kappa shape index (κ2) is 20.0. The number of hydrogen-bond donors (Lipinski definition) is 3. The van der Waals surface area contributed by atoms with Gasteiger partial charge in [0.05, 0.1) is 19.6 Å². The summed E-state index contributed by atoms with van der Waals surface area (Å²) in [7, 11) is -2.92. The lowest BCUT2D eigenvalue weighted by atomic mass is 10.3. The Labute approximate surface area is 205 Å². The molecule has 0 amide bonds. The second-order valence-electron chi connectivity index (χ2n) is 8.07. The molecular formula is C24H45BN6O3. The van der Waals surface area contributed by atoms with Crippen LogP contribution < -0.4 is 28.8 Å². The van der Waals surface area contributed by atoms with E-state index in [-0.39, 0.29) is 0 Å². The maximum absolute atomic E-state index is 8.42. The summed E-state index contributed by atoms with van der Waals surface area (Å²) >= 11 is 0. The molecule has 0 spiro atoms. The number of rotatable bonds is 9. The number of aryl methyl sites for hydroxylation is 6. The van der Waals surface area contributed by atoms with Crippen molar-refractivity contribution in [2.24, 2.45) is 0 Å². The van der Waals surface area contributed by atoms with Crippen molar-refractivity contribution in [3.05, 3.63) is 54.7 Å². The number of aromatic nitrogens is 6. The van der Waals surface area contributed by atoms with Crippen LogP contribution in [0.5, 0.6) is 0 Å². The van der Waals surface area contributed by atoms with Gasteiger partial charge in [-0.3, -0.25) is 7.32 Å². The van der Waals surface area contributed by atoms with E-state index in [4.69, 9.17) is 15.1 Å². The molecule has 10 heteroatoms. The number of unbranched alkanes of at least 4 members (excludes halogenated alkanes) is 3. The smallest absolute Gasteiger partial charge is 0.251 e. The minimum Gasteiger partial charge on any atom is -0.907 e. The molecule has 0 saturated carbocycles. The Hall–Kier alpha value is -2.43. The summed E-state index contributed by atoms with van der Waals surface area (Å²) < 4.78 is 6.72. The van der Waals surface area contributed by atoms with Crippen molar-refractivity contribution in [3.63, 3.8) is 0 Å². The first kappa shape index (κ1) is 31.6. The van der Waals surface area contributed by atoms with Gasteiger partial charge >= 0.3 is 0 Å². The van der Waals surface area contributed by atoms with E-state index in [1.807, 2.05) is 18.6 Å². The van der Waals surface area contributed by atoms with Crippen LogP contribution in [0, 0.1) is 20.8 Å². The van der Waals surface area contributed by atoms with Crippen LogP contribution in [0.2, 0.25) is 0 Å². The molecule has 0 radical (unpaired) electrons. The summed E-state index contributed by atoms with van der Waals surface area (Å²) in [5, 5.41) is 25.2. The van der Waals surface area contributed by atoms with Crippen molar-refractivity contribution in [1.82, 2.24) is 15.0 Å². The van der Waals surface area contributed by atoms with Crippen LogP contribution in [0.4, 0.5) is 0 Å². The van der Waals surface area contributed by atoms with E-state index in [0.717, 1.165) is 19.6 Å². The molecule has 0 atom stereocenters. The van der Waals surface area contributed by atoms with Crippen molar-refractivity contribution >= 4 is 7.32 Å². The Balaban J connectivity index is 0.000000445. The molecule has 192 valence electrons. The van der Waals surface area contributed by atoms with Gasteiger partial charge in [-0.1, -0.05) is 40.0 Å². The number of nitrogens with zero attached hydrogens (tertiary/aromatic N) is 3. The summed E-state index contributed by atoms with van der Waals surface area (Å²) in [6, 6.07) is 0. The summed E-state index contributed by atoms with van der Waals surface area (Å²) in [5.41, 5.74) is 0. The zero-order valence-corrected chi connectivity index (χ0v) is 22.0. The van der Waals surface area contributed by atoms with Crippen molar-refractivity contribution in [3.8, 4) is 0 Å². The van der Waals surface area contributed by atoms with Crippen molar-refractivity contribution < 1.29 is 28.8 Å². The molecule has 0 aromatic carbocycles. The van der Waals surface area contributed by atoms with Crippen LogP contribution in [0.1, 0.15) is 76.8 Å². The largest absolute Gasteiger partial charge is 0.907 e. The topological polar surface area (TPSA) is 128 Å². The molecule has 34 heavy (non-hydrogen) atoms. The lowest BCUT2D eigenvalue weighted by Crippen LogP contribution is -2.56. The van der Waals surface area contributed by atoms with E-state index in [0.29, 0.717) is 0 Å². The molecule has 3 heterocycles. The average molecular weight is 476 g/mol. The minimum atomic E-state index is -2.92. The fourth-order valence-electron chi connectivity index (χ4n) is 3.04. The molecule has 3 rings (SSSR count). The predicted octanol–water partition coefficient (Wildman–Crippen LogP) is 0.284. The van der Waals surface area contributed by atoms with Gasteiger partial charge < -0.3 is 15.1 Å². The highest BCUT2D eigenvalue weighted by molar-refractivity contribution is 6.24.